The highest BCUT2D eigenvalue weighted by atomic mass is 35.5. The standard InChI is InChI=1S/C14H9Cl2NO/c15-11-6-4-10(9-12(11)16)5-7-14(18)13-3-1-2-8-17-13/h1-9H/b7-5+. The third kappa shape index (κ3) is 3.19. The van der Waals surface area contributed by atoms with Gasteiger partial charge < -0.3 is 0 Å². The van der Waals surface area contributed by atoms with Crippen LogP contribution in [0.5, 0.6) is 0 Å². The van der Waals surface area contributed by atoms with Crippen LogP contribution >= 0.6 is 23.2 Å². The van der Waals surface area contributed by atoms with Crippen LogP contribution in [0, 0.1) is 0 Å². The topological polar surface area (TPSA) is 30.0 Å². The summed E-state index contributed by atoms with van der Waals surface area (Å²) < 4.78 is 0. The van der Waals surface area contributed by atoms with E-state index < -0.39 is 0 Å². The molecule has 0 amide bonds. The fourth-order valence-electron chi connectivity index (χ4n) is 1.38. The van der Waals surface area contributed by atoms with E-state index in [0.717, 1.165) is 5.56 Å². The van der Waals surface area contributed by atoms with Crippen LogP contribution in [0.15, 0.2) is 48.7 Å². The number of aromatic nitrogens is 1. The maximum Gasteiger partial charge on any atom is 0.204 e. The second kappa shape index (κ2) is 5.80. The highest BCUT2D eigenvalue weighted by molar-refractivity contribution is 6.42. The molecule has 4 heteroatoms. The maximum atomic E-state index is 11.8. The number of carbonyl (C=O) groups excluding carboxylic acids is 1. The van der Waals surface area contributed by atoms with Crippen molar-refractivity contribution in [3.05, 3.63) is 70.0 Å². The van der Waals surface area contributed by atoms with E-state index in [4.69, 9.17) is 23.2 Å². The van der Waals surface area contributed by atoms with E-state index >= 15 is 0 Å². The molecule has 1 heterocycles. The number of carbonyl (C=O) groups is 1. The summed E-state index contributed by atoms with van der Waals surface area (Å²) >= 11 is 11.7. The molecular formula is C14H9Cl2NO. The highest BCUT2D eigenvalue weighted by Gasteiger charge is 2.02. The fraction of sp³-hybridized carbons (Fsp3) is 0. The van der Waals surface area contributed by atoms with Crippen molar-refractivity contribution in [1.82, 2.24) is 4.98 Å². The number of ketones is 1. The van der Waals surface area contributed by atoms with Gasteiger partial charge in [0, 0.05) is 6.20 Å². The number of halogens is 2. The largest absolute Gasteiger partial charge is 0.288 e. The molecule has 0 aliphatic carbocycles. The molecule has 0 aliphatic rings. The van der Waals surface area contributed by atoms with Crippen LogP contribution in [0.25, 0.3) is 6.08 Å². The van der Waals surface area contributed by atoms with Crippen LogP contribution in [0.3, 0.4) is 0 Å². The van der Waals surface area contributed by atoms with Gasteiger partial charge in [0.05, 0.1) is 10.0 Å². The maximum absolute atomic E-state index is 11.8. The van der Waals surface area contributed by atoms with E-state index in [1.807, 2.05) is 0 Å². The zero-order valence-corrected chi connectivity index (χ0v) is 10.8. The van der Waals surface area contributed by atoms with Crippen molar-refractivity contribution in [2.75, 3.05) is 0 Å². The number of hydrogen-bond acceptors (Lipinski definition) is 2. The summed E-state index contributed by atoms with van der Waals surface area (Å²) in [6.45, 7) is 0. The Kier molecular flexibility index (Phi) is 4.13. The lowest BCUT2D eigenvalue weighted by Crippen LogP contribution is -1.96. The molecule has 0 atom stereocenters. The lowest BCUT2D eigenvalue weighted by atomic mass is 10.1. The molecule has 0 spiro atoms. The van der Waals surface area contributed by atoms with E-state index in [9.17, 15) is 4.79 Å². The Morgan fingerprint density at radius 1 is 1.11 bits per heavy atom. The number of hydrogen-bond donors (Lipinski definition) is 0. The Hall–Kier alpha value is -1.64. The number of benzene rings is 1. The molecule has 0 unspecified atom stereocenters. The van der Waals surface area contributed by atoms with Gasteiger partial charge >= 0.3 is 0 Å². The summed E-state index contributed by atoms with van der Waals surface area (Å²) in [5, 5.41) is 0.953. The fourth-order valence-corrected chi connectivity index (χ4v) is 1.69. The van der Waals surface area contributed by atoms with Crippen molar-refractivity contribution < 1.29 is 4.79 Å². The predicted octanol–water partition coefficient (Wildman–Crippen LogP) is 4.28. The van der Waals surface area contributed by atoms with E-state index in [0.29, 0.717) is 15.7 Å². The van der Waals surface area contributed by atoms with E-state index in [1.54, 1.807) is 48.7 Å². The molecule has 1 aromatic heterocycles. The van der Waals surface area contributed by atoms with Gasteiger partial charge in [-0.3, -0.25) is 9.78 Å². The molecule has 0 saturated heterocycles. The first-order valence-corrected chi connectivity index (χ1v) is 6.01. The Morgan fingerprint density at radius 2 is 1.94 bits per heavy atom. The van der Waals surface area contributed by atoms with Crippen molar-refractivity contribution in [2.24, 2.45) is 0 Å². The van der Waals surface area contributed by atoms with Gasteiger partial charge in [-0.1, -0.05) is 41.4 Å². The van der Waals surface area contributed by atoms with Gasteiger partial charge in [0.2, 0.25) is 5.78 Å². The average Bonchev–Trinajstić information content (AvgIpc) is 2.41. The molecule has 1 aromatic carbocycles. The van der Waals surface area contributed by atoms with Crippen molar-refractivity contribution in [2.45, 2.75) is 0 Å². The predicted molar refractivity (Wildman–Crippen MR) is 74.1 cm³/mol. The van der Waals surface area contributed by atoms with Crippen LogP contribution in [0.2, 0.25) is 10.0 Å². The molecular weight excluding hydrogens is 269 g/mol. The summed E-state index contributed by atoms with van der Waals surface area (Å²) in [5.41, 5.74) is 1.22. The summed E-state index contributed by atoms with van der Waals surface area (Å²) in [6.07, 6.45) is 4.72. The molecule has 0 fully saturated rings. The van der Waals surface area contributed by atoms with E-state index in [2.05, 4.69) is 4.98 Å². The summed E-state index contributed by atoms with van der Waals surface area (Å²) in [7, 11) is 0. The Morgan fingerprint density at radius 3 is 2.61 bits per heavy atom. The first-order valence-electron chi connectivity index (χ1n) is 5.25. The van der Waals surface area contributed by atoms with Gasteiger partial charge in [-0.2, -0.15) is 0 Å². The molecule has 0 N–H and O–H groups in total. The summed E-state index contributed by atoms with van der Waals surface area (Å²) in [5.74, 6) is -0.151. The molecule has 0 bridgehead atoms. The van der Waals surface area contributed by atoms with Gasteiger partial charge in [0.1, 0.15) is 5.69 Å². The monoisotopic (exact) mass is 277 g/mol. The second-order valence-electron chi connectivity index (χ2n) is 3.59. The SMILES string of the molecule is O=C(/C=C/c1ccc(Cl)c(Cl)c1)c1ccccn1. The minimum Gasteiger partial charge on any atom is -0.288 e. The van der Waals surface area contributed by atoms with E-state index in [1.165, 1.54) is 6.08 Å². The first-order chi connectivity index (χ1) is 8.66. The Balaban J connectivity index is 2.16. The number of allylic oxidation sites excluding steroid dienone is 1. The summed E-state index contributed by atoms with van der Waals surface area (Å²) in [6, 6.07) is 10.4. The third-order valence-electron chi connectivity index (χ3n) is 2.29. The summed E-state index contributed by atoms with van der Waals surface area (Å²) in [4.78, 5) is 15.7. The van der Waals surface area contributed by atoms with Crippen LogP contribution < -0.4 is 0 Å². The first kappa shape index (κ1) is 12.8. The highest BCUT2D eigenvalue weighted by Crippen LogP contribution is 2.23. The van der Waals surface area contributed by atoms with Crippen LogP contribution in [0.4, 0.5) is 0 Å². The lowest BCUT2D eigenvalue weighted by Gasteiger charge is -1.97. The molecule has 0 saturated carbocycles. The molecule has 0 aliphatic heterocycles. The normalized spacial score (nSPS) is 10.8. The Bertz CT molecular complexity index is 594. The van der Waals surface area contributed by atoms with Crippen molar-refractivity contribution >= 4 is 35.1 Å². The average molecular weight is 278 g/mol. The molecule has 2 aromatic rings. The number of pyridine rings is 1. The minimum absolute atomic E-state index is 0.151. The molecule has 2 rings (SSSR count). The number of rotatable bonds is 3. The van der Waals surface area contributed by atoms with E-state index in [-0.39, 0.29) is 5.78 Å². The van der Waals surface area contributed by atoms with Crippen LogP contribution in [-0.2, 0) is 0 Å². The number of nitrogens with zero attached hydrogens (tertiary/aromatic N) is 1. The smallest absolute Gasteiger partial charge is 0.204 e. The van der Waals surface area contributed by atoms with Gasteiger partial charge in [0.15, 0.2) is 0 Å². The van der Waals surface area contributed by atoms with Crippen molar-refractivity contribution in [1.29, 1.82) is 0 Å². The minimum atomic E-state index is -0.151. The van der Waals surface area contributed by atoms with Gasteiger partial charge in [0.25, 0.3) is 0 Å². The Labute approximate surface area is 115 Å². The van der Waals surface area contributed by atoms with Gasteiger partial charge in [-0.05, 0) is 35.9 Å². The van der Waals surface area contributed by atoms with Gasteiger partial charge in [-0.15, -0.1) is 0 Å². The zero-order chi connectivity index (χ0) is 13.0. The van der Waals surface area contributed by atoms with Crippen molar-refractivity contribution in [3.63, 3.8) is 0 Å². The second-order valence-corrected chi connectivity index (χ2v) is 4.40. The van der Waals surface area contributed by atoms with Crippen LogP contribution in [0.1, 0.15) is 16.1 Å². The molecule has 2 nitrogen and oxygen atoms in total. The van der Waals surface area contributed by atoms with Crippen LogP contribution in [-0.4, -0.2) is 10.8 Å². The van der Waals surface area contributed by atoms with Gasteiger partial charge in [-0.25, -0.2) is 0 Å². The molecule has 90 valence electrons. The zero-order valence-electron chi connectivity index (χ0n) is 9.31. The molecule has 18 heavy (non-hydrogen) atoms. The van der Waals surface area contributed by atoms with Crippen molar-refractivity contribution in [3.8, 4) is 0 Å². The lowest BCUT2D eigenvalue weighted by molar-refractivity contribution is 0.104. The molecule has 0 radical (unpaired) electrons. The quantitative estimate of drug-likeness (QED) is 0.619. The third-order valence-corrected chi connectivity index (χ3v) is 3.03.